The highest BCUT2D eigenvalue weighted by atomic mass is 19.4. The van der Waals surface area contributed by atoms with Gasteiger partial charge in [-0.25, -0.2) is 9.50 Å². The Hall–Kier alpha value is -2.91. The smallest absolute Gasteiger partial charge is 0.338 e. The molecule has 4 rings (SSSR count). The number of hydrogen-bond donors (Lipinski definition) is 0. The van der Waals surface area contributed by atoms with E-state index in [4.69, 9.17) is 0 Å². The molecular weight excluding hydrogens is 373 g/mol. The third kappa shape index (κ3) is 3.12. The number of nitrogens with zero attached hydrogens (tertiary/aromatic N) is 6. The van der Waals surface area contributed by atoms with Gasteiger partial charge in [-0.05, 0) is 26.3 Å². The molecule has 1 aliphatic rings. The van der Waals surface area contributed by atoms with E-state index in [9.17, 15) is 18.0 Å². The third-order valence-corrected chi connectivity index (χ3v) is 5.00. The standard InChI is InChI=1S/C18H19F3N6O/c1-10-6-15(18(19,20)21)27-16(22-10)7-14(24-27)12-4-5-26(8-12)17(28)13-9-25(3)23-11(13)2/h6-7,9,12H,4-5,8H2,1-3H3. The Kier molecular flexibility index (Phi) is 4.16. The lowest BCUT2D eigenvalue weighted by molar-refractivity contribution is -0.142. The van der Waals surface area contributed by atoms with Crippen molar-refractivity contribution < 1.29 is 18.0 Å². The number of amides is 1. The molecule has 0 saturated carbocycles. The lowest BCUT2D eigenvalue weighted by Crippen LogP contribution is -2.28. The molecular formula is C18H19F3N6O. The van der Waals surface area contributed by atoms with Crippen LogP contribution in [-0.2, 0) is 13.2 Å². The summed E-state index contributed by atoms with van der Waals surface area (Å²) < 4.78 is 42.4. The zero-order valence-corrected chi connectivity index (χ0v) is 15.7. The molecule has 0 bridgehead atoms. The normalized spacial score (nSPS) is 17.6. The van der Waals surface area contributed by atoms with Gasteiger partial charge in [-0.3, -0.25) is 9.48 Å². The van der Waals surface area contributed by atoms with Gasteiger partial charge in [-0.1, -0.05) is 0 Å². The molecule has 0 aliphatic carbocycles. The van der Waals surface area contributed by atoms with Gasteiger partial charge in [0.25, 0.3) is 5.91 Å². The van der Waals surface area contributed by atoms with Gasteiger partial charge in [0, 0.05) is 44.0 Å². The summed E-state index contributed by atoms with van der Waals surface area (Å²) in [4.78, 5) is 18.6. The van der Waals surface area contributed by atoms with E-state index in [2.05, 4.69) is 15.2 Å². The van der Waals surface area contributed by atoms with Crippen LogP contribution in [0, 0.1) is 13.8 Å². The van der Waals surface area contributed by atoms with Gasteiger partial charge < -0.3 is 4.90 Å². The molecule has 28 heavy (non-hydrogen) atoms. The molecule has 1 saturated heterocycles. The van der Waals surface area contributed by atoms with Crippen molar-refractivity contribution in [1.82, 2.24) is 29.3 Å². The van der Waals surface area contributed by atoms with Crippen LogP contribution in [0.25, 0.3) is 5.65 Å². The summed E-state index contributed by atoms with van der Waals surface area (Å²) in [6.07, 6.45) is -2.21. The molecule has 0 N–H and O–H groups in total. The molecule has 3 aromatic rings. The maximum atomic E-state index is 13.3. The van der Waals surface area contributed by atoms with Crippen molar-refractivity contribution in [2.75, 3.05) is 13.1 Å². The summed E-state index contributed by atoms with van der Waals surface area (Å²) in [5, 5.41) is 8.36. The summed E-state index contributed by atoms with van der Waals surface area (Å²) >= 11 is 0. The van der Waals surface area contributed by atoms with E-state index < -0.39 is 11.9 Å². The second-order valence-electron chi connectivity index (χ2n) is 7.16. The Labute approximate surface area is 158 Å². The van der Waals surface area contributed by atoms with E-state index in [0.717, 1.165) is 10.6 Å². The van der Waals surface area contributed by atoms with Gasteiger partial charge in [0.2, 0.25) is 0 Å². The van der Waals surface area contributed by atoms with Gasteiger partial charge in [0.05, 0.1) is 17.0 Å². The number of aryl methyl sites for hydroxylation is 3. The van der Waals surface area contributed by atoms with Crippen LogP contribution in [0.15, 0.2) is 18.3 Å². The maximum absolute atomic E-state index is 13.3. The average molecular weight is 392 g/mol. The van der Waals surface area contributed by atoms with Gasteiger partial charge in [0.1, 0.15) is 5.69 Å². The lowest BCUT2D eigenvalue weighted by Gasteiger charge is -2.15. The summed E-state index contributed by atoms with van der Waals surface area (Å²) in [6.45, 7) is 4.21. The number of hydrogen-bond acceptors (Lipinski definition) is 4. The first-order chi connectivity index (χ1) is 13.1. The Bertz CT molecular complexity index is 1070. The van der Waals surface area contributed by atoms with Gasteiger partial charge in [0.15, 0.2) is 5.65 Å². The molecule has 10 heteroatoms. The zero-order valence-electron chi connectivity index (χ0n) is 15.7. The van der Waals surface area contributed by atoms with Crippen molar-refractivity contribution in [2.24, 2.45) is 7.05 Å². The molecule has 4 heterocycles. The maximum Gasteiger partial charge on any atom is 0.433 e. The molecule has 1 atom stereocenters. The minimum absolute atomic E-state index is 0.123. The van der Waals surface area contributed by atoms with Crippen molar-refractivity contribution in [3.05, 3.63) is 46.7 Å². The topological polar surface area (TPSA) is 68.3 Å². The first-order valence-corrected chi connectivity index (χ1v) is 8.87. The van der Waals surface area contributed by atoms with Gasteiger partial charge in [-0.2, -0.15) is 23.4 Å². The van der Waals surface area contributed by atoms with Crippen molar-refractivity contribution in [2.45, 2.75) is 32.4 Å². The minimum Gasteiger partial charge on any atom is -0.338 e. The quantitative estimate of drug-likeness (QED) is 0.673. The highest BCUT2D eigenvalue weighted by Gasteiger charge is 2.36. The first kappa shape index (κ1) is 18.5. The molecule has 148 valence electrons. The first-order valence-electron chi connectivity index (χ1n) is 8.87. The van der Waals surface area contributed by atoms with E-state index in [1.54, 1.807) is 35.8 Å². The number of alkyl halides is 3. The van der Waals surface area contributed by atoms with Gasteiger partial charge in [-0.15, -0.1) is 0 Å². The second-order valence-corrected chi connectivity index (χ2v) is 7.16. The Morgan fingerprint density at radius 2 is 1.96 bits per heavy atom. The van der Waals surface area contributed by atoms with Crippen molar-refractivity contribution in [3.63, 3.8) is 0 Å². The number of aromatic nitrogens is 5. The van der Waals surface area contributed by atoms with Crippen LogP contribution in [0.4, 0.5) is 13.2 Å². The van der Waals surface area contributed by atoms with Crippen LogP contribution < -0.4 is 0 Å². The molecule has 0 radical (unpaired) electrons. The third-order valence-electron chi connectivity index (χ3n) is 5.00. The highest BCUT2D eigenvalue weighted by molar-refractivity contribution is 5.95. The highest BCUT2D eigenvalue weighted by Crippen LogP contribution is 2.32. The SMILES string of the molecule is Cc1cc(C(F)(F)F)n2nc(C3CCN(C(=O)c4cn(C)nc4C)C3)cc2n1. The van der Waals surface area contributed by atoms with Crippen LogP contribution in [0.2, 0.25) is 0 Å². The van der Waals surface area contributed by atoms with Crippen LogP contribution in [0.3, 0.4) is 0 Å². The molecule has 1 aliphatic heterocycles. The van der Waals surface area contributed by atoms with E-state index in [0.29, 0.717) is 36.5 Å². The predicted octanol–water partition coefficient (Wildman–Crippen LogP) is 2.73. The molecule has 1 fully saturated rings. The Balaban J connectivity index is 1.61. The van der Waals surface area contributed by atoms with E-state index in [-0.39, 0.29) is 23.2 Å². The number of fused-ring (bicyclic) bond motifs is 1. The molecule has 7 nitrogen and oxygen atoms in total. The van der Waals surface area contributed by atoms with Crippen LogP contribution in [0.1, 0.15) is 45.5 Å². The summed E-state index contributed by atoms with van der Waals surface area (Å²) in [5.74, 6) is -0.258. The number of carbonyl (C=O) groups is 1. The molecule has 3 aromatic heterocycles. The largest absolute Gasteiger partial charge is 0.433 e. The summed E-state index contributed by atoms with van der Waals surface area (Å²) in [5.41, 5.74) is 1.30. The van der Waals surface area contributed by atoms with Crippen LogP contribution in [0.5, 0.6) is 0 Å². The number of halogens is 3. The predicted molar refractivity (Wildman–Crippen MR) is 93.9 cm³/mol. The average Bonchev–Trinajstić information content (AvgIpc) is 3.30. The Morgan fingerprint density at radius 1 is 1.21 bits per heavy atom. The van der Waals surface area contributed by atoms with E-state index >= 15 is 0 Å². The lowest BCUT2D eigenvalue weighted by atomic mass is 10.1. The van der Waals surface area contributed by atoms with Crippen molar-refractivity contribution >= 4 is 11.6 Å². The van der Waals surface area contributed by atoms with E-state index in [1.807, 2.05) is 0 Å². The van der Waals surface area contributed by atoms with Crippen LogP contribution in [-0.4, -0.2) is 48.3 Å². The fraction of sp³-hybridized carbons (Fsp3) is 0.444. The molecule has 1 unspecified atom stereocenters. The number of likely N-dealkylation sites (tertiary alicyclic amines) is 1. The minimum atomic E-state index is -4.52. The number of rotatable bonds is 2. The Morgan fingerprint density at radius 3 is 2.61 bits per heavy atom. The fourth-order valence-corrected chi connectivity index (χ4v) is 3.69. The van der Waals surface area contributed by atoms with Crippen molar-refractivity contribution in [1.29, 1.82) is 0 Å². The summed E-state index contributed by atoms with van der Waals surface area (Å²) in [6, 6.07) is 2.57. The van der Waals surface area contributed by atoms with Crippen LogP contribution >= 0.6 is 0 Å². The van der Waals surface area contributed by atoms with Crippen molar-refractivity contribution in [3.8, 4) is 0 Å². The second kappa shape index (κ2) is 6.32. The van der Waals surface area contributed by atoms with Gasteiger partial charge >= 0.3 is 6.18 Å². The zero-order chi connectivity index (χ0) is 20.2. The fourth-order valence-electron chi connectivity index (χ4n) is 3.69. The molecule has 0 spiro atoms. The number of carbonyl (C=O) groups excluding carboxylic acids is 1. The molecule has 0 aromatic carbocycles. The molecule has 1 amide bonds. The van der Waals surface area contributed by atoms with E-state index in [1.165, 1.54) is 6.92 Å². The summed E-state index contributed by atoms with van der Waals surface area (Å²) in [7, 11) is 1.75. The monoisotopic (exact) mass is 392 g/mol.